The van der Waals surface area contributed by atoms with E-state index in [4.69, 9.17) is 5.73 Å². The first-order valence-corrected chi connectivity index (χ1v) is 5.71. The number of nitro groups is 1. The number of nitrogens with zero attached hydrogens (tertiary/aromatic N) is 1. The molecule has 6 nitrogen and oxygen atoms in total. The Morgan fingerprint density at radius 3 is 2.72 bits per heavy atom. The van der Waals surface area contributed by atoms with E-state index in [1.54, 1.807) is 19.9 Å². The van der Waals surface area contributed by atoms with Gasteiger partial charge in [0.1, 0.15) is 0 Å². The molecule has 0 saturated heterocycles. The summed E-state index contributed by atoms with van der Waals surface area (Å²) in [5, 5.41) is 13.4. The number of benzene rings is 1. The molecule has 6 heteroatoms. The highest BCUT2D eigenvalue weighted by molar-refractivity contribution is 5.92. The van der Waals surface area contributed by atoms with Crippen LogP contribution >= 0.6 is 0 Å². The van der Waals surface area contributed by atoms with Gasteiger partial charge in [0.25, 0.3) is 5.69 Å². The third-order valence-corrected chi connectivity index (χ3v) is 2.71. The minimum Gasteiger partial charge on any atom is -0.330 e. The zero-order valence-electron chi connectivity index (χ0n) is 10.5. The highest BCUT2D eigenvalue weighted by Crippen LogP contribution is 2.22. The molecular formula is C12H17N3O3. The lowest BCUT2D eigenvalue weighted by molar-refractivity contribution is -0.385. The third kappa shape index (κ3) is 3.53. The summed E-state index contributed by atoms with van der Waals surface area (Å²) in [7, 11) is 0. The highest BCUT2D eigenvalue weighted by Gasteiger charge is 2.14. The van der Waals surface area contributed by atoms with Crippen molar-refractivity contribution in [2.75, 3.05) is 11.9 Å². The average Bonchev–Trinajstić information content (AvgIpc) is 2.28. The average molecular weight is 251 g/mol. The molecule has 0 aliphatic heterocycles. The van der Waals surface area contributed by atoms with Crippen molar-refractivity contribution < 1.29 is 9.72 Å². The molecule has 0 radical (unpaired) electrons. The van der Waals surface area contributed by atoms with E-state index in [0.717, 1.165) is 0 Å². The summed E-state index contributed by atoms with van der Waals surface area (Å²) in [4.78, 5) is 21.9. The van der Waals surface area contributed by atoms with Crippen molar-refractivity contribution >= 4 is 17.3 Å². The van der Waals surface area contributed by atoms with Gasteiger partial charge in [-0.2, -0.15) is 0 Å². The fourth-order valence-electron chi connectivity index (χ4n) is 1.58. The molecule has 1 aromatic rings. The first-order valence-electron chi connectivity index (χ1n) is 5.71. The number of aryl methyl sites for hydroxylation is 1. The smallest absolute Gasteiger partial charge is 0.272 e. The molecule has 0 saturated carbocycles. The number of carbonyl (C=O) groups excluding carboxylic acids is 1. The fourth-order valence-corrected chi connectivity index (χ4v) is 1.58. The molecule has 0 aliphatic carbocycles. The fraction of sp³-hybridized carbons (Fsp3) is 0.417. The number of anilines is 1. The van der Waals surface area contributed by atoms with Crippen LogP contribution in [0.25, 0.3) is 0 Å². The number of hydrogen-bond donors (Lipinski definition) is 2. The molecule has 0 fully saturated rings. The molecule has 1 aromatic carbocycles. The van der Waals surface area contributed by atoms with E-state index < -0.39 is 4.92 Å². The Bertz CT molecular complexity index is 460. The molecule has 1 amide bonds. The van der Waals surface area contributed by atoms with Crippen molar-refractivity contribution in [3.05, 3.63) is 33.9 Å². The van der Waals surface area contributed by atoms with Crippen molar-refractivity contribution in [3.63, 3.8) is 0 Å². The van der Waals surface area contributed by atoms with Crippen molar-refractivity contribution in [3.8, 4) is 0 Å². The Morgan fingerprint density at radius 1 is 1.56 bits per heavy atom. The lowest BCUT2D eigenvalue weighted by Crippen LogP contribution is -2.22. The van der Waals surface area contributed by atoms with Gasteiger partial charge in [0.15, 0.2) is 0 Å². The molecular weight excluding hydrogens is 234 g/mol. The van der Waals surface area contributed by atoms with E-state index in [9.17, 15) is 14.9 Å². The first kappa shape index (κ1) is 14.1. The van der Waals surface area contributed by atoms with Crippen molar-refractivity contribution in [2.45, 2.75) is 20.3 Å². The zero-order chi connectivity index (χ0) is 13.7. The Labute approximate surface area is 105 Å². The molecule has 1 unspecified atom stereocenters. The Morgan fingerprint density at radius 2 is 2.22 bits per heavy atom. The largest absolute Gasteiger partial charge is 0.330 e. The number of nitrogens with two attached hydrogens (primary N) is 1. The standard InChI is InChI=1S/C12H17N3O3/c1-8(5-6-13)12(16)14-10-3-4-11(15(17)18)9(2)7-10/h3-4,7-8H,5-6,13H2,1-2H3,(H,14,16). The van der Waals surface area contributed by atoms with E-state index in [2.05, 4.69) is 5.32 Å². The Hall–Kier alpha value is -1.95. The van der Waals surface area contributed by atoms with Gasteiger partial charge in [-0.1, -0.05) is 6.92 Å². The van der Waals surface area contributed by atoms with Gasteiger partial charge in [-0.3, -0.25) is 14.9 Å². The Balaban J connectivity index is 2.77. The van der Waals surface area contributed by atoms with Crippen LogP contribution in [0.2, 0.25) is 0 Å². The summed E-state index contributed by atoms with van der Waals surface area (Å²) in [5.41, 5.74) is 6.51. The van der Waals surface area contributed by atoms with Crippen LogP contribution in [0.4, 0.5) is 11.4 Å². The van der Waals surface area contributed by atoms with Gasteiger partial charge in [-0.05, 0) is 32.0 Å². The molecule has 1 atom stereocenters. The normalized spacial score (nSPS) is 11.9. The van der Waals surface area contributed by atoms with Crippen LogP contribution in [0.5, 0.6) is 0 Å². The molecule has 0 heterocycles. The predicted molar refractivity (Wildman–Crippen MR) is 69.3 cm³/mol. The van der Waals surface area contributed by atoms with Crippen LogP contribution in [0, 0.1) is 23.0 Å². The van der Waals surface area contributed by atoms with Gasteiger partial charge in [-0.25, -0.2) is 0 Å². The van der Waals surface area contributed by atoms with Gasteiger partial charge in [-0.15, -0.1) is 0 Å². The van der Waals surface area contributed by atoms with Gasteiger partial charge >= 0.3 is 0 Å². The maximum Gasteiger partial charge on any atom is 0.272 e. The summed E-state index contributed by atoms with van der Waals surface area (Å²) < 4.78 is 0. The van der Waals surface area contributed by atoms with Crippen molar-refractivity contribution in [2.24, 2.45) is 11.7 Å². The molecule has 0 spiro atoms. The second-order valence-electron chi connectivity index (χ2n) is 4.23. The maximum absolute atomic E-state index is 11.7. The second kappa shape index (κ2) is 6.11. The topological polar surface area (TPSA) is 98.3 Å². The summed E-state index contributed by atoms with van der Waals surface area (Å²) >= 11 is 0. The second-order valence-corrected chi connectivity index (χ2v) is 4.23. The van der Waals surface area contributed by atoms with E-state index in [1.807, 2.05) is 0 Å². The molecule has 3 N–H and O–H groups in total. The SMILES string of the molecule is Cc1cc(NC(=O)C(C)CCN)ccc1[N+](=O)[O-]. The van der Waals surface area contributed by atoms with Crippen LogP contribution in [0.15, 0.2) is 18.2 Å². The van der Waals surface area contributed by atoms with Crippen molar-refractivity contribution in [1.29, 1.82) is 0 Å². The number of hydrogen-bond acceptors (Lipinski definition) is 4. The molecule has 0 aromatic heterocycles. The molecule has 1 rings (SSSR count). The molecule has 0 aliphatic rings. The number of carbonyl (C=O) groups is 1. The number of amides is 1. The molecule has 18 heavy (non-hydrogen) atoms. The van der Waals surface area contributed by atoms with E-state index in [1.165, 1.54) is 12.1 Å². The van der Waals surface area contributed by atoms with E-state index in [0.29, 0.717) is 24.2 Å². The zero-order valence-corrected chi connectivity index (χ0v) is 10.5. The van der Waals surface area contributed by atoms with Crippen LogP contribution in [-0.2, 0) is 4.79 Å². The summed E-state index contributed by atoms with van der Waals surface area (Å²) in [6, 6.07) is 4.50. The molecule has 0 bridgehead atoms. The minimum absolute atomic E-state index is 0.0444. The quantitative estimate of drug-likeness (QED) is 0.616. The maximum atomic E-state index is 11.7. The summed E-state index contributed by atoms with van der Waals surface area (Å²) in [6.45, 7) is 3.88. The van der Waals surface area contributed by atoms with E-state index in [-0.39, 0.29) is 17.5 Å². The first-order chi connectivity index (χ1) is 8.45. The van der Waals surface area contributed by atoms with Crippen LogP contribution in [-0.4, -0.2) is 17.4 Å². The van der Waals surface area contributed by atoms with Gasteiger partial charge < -0.3 is 11.1 Å². The van der Waals surface area contributed by atoms with Crippen LogP contribution < -0.4 is 11.1 Å². The Kier molecular flexibility index (Phi) is 4.79. The van der Waals surface area contributed by atoms with Gasteiger partial charge in [0.2, 0.25) is 5.91 Å². The van der Waals surface area contributed by atoms with Crippen molar-refractivity contribution in [1.82, 2.24) is 0 Å². The third-order valence-electron chi connectivity index (χ3n) is 2.71. The van der Waals surface area contributed by atoms with Gasteiger partial charge in [0, 0.05) is 23.2 Å². The number of nitrogens with one attached hydrogen (secondary N) is 1. The summed E-state index contributed by atoms with van der Waals surface area (Å²) in [6.07, 6.45) is 0.609. The lowest BCUT2D eigenvalue weighted by atomic mass is 10.1. The molecule has 98 valence electrons. The van der Waals surface area contributed by atoms with Gasteiger partial charge in [0.05, 0.1) is 4.92 Å². The number of nitro benzene ring substituents is 1. The van der Waals surface area contributed by atoms with Crippen LogP contribution in [0.3, 0.4) is 0 Å². The van der Waals surface area contributed by atoms with E-state index >= 15 is 0 Å². The predicted octanol–water partition coefficient (Wildman–Crippen LogP) is 1.83. The van der Waals surface area contributed by atoms with Crippen LogP contribution in [0.1, 0.15) is 18.9 Å². The highest BCUT2D eigenvalue weighted by atomic mass is 16.6. The monoisotopic (exact) mass is 251 g/mol. The lowest BCUT2D eigenvalue weighted by Gasteiger charge is -2.11. The number of rotatable bonds is 5. The minimum atomic E-state index is -0.446. The summed E-state index contributed by atoms with van der Waals surface area (Å²) in [5.74, 6) is -0.306.